The van der Waals surface area contributed by atoms with Gasteiger partial charge in [0, 0.05) is 11.8 Å². The van der Waals surface area contributed by atoms with Crippen LogP contribution in [0.2, 0.25) is 0 Å². The Balaban J connectivity index is 1.52. The van der Waals surface area contributed by atoms with Gasteiger partial charge in [-0.05, 0) is 18.8 Å². The summed E-state index contributed by atoms with van der Waals surface area (Å²) in [4.78, 5) is 14.8. The molecule has 1 aliphatic heterocycles. The summed E-state index contributed by atoms with van der Waals surface area (Å²) in [7, 11) is 0. The van der Waals surface area contributed by atoms with Crippen molar-refractivity contribution in [3.8, 4) is 0 Å². The number of hydrogen-bond acceptors (Lipinski definition) is 5. The van der Waals surface area contributed by atoms with Crippen LogP contribution in [0, 0.1) is 5.92 Å². The van der Waals surface area contributed by atoms with E-state index in [1.54, 1.807) is 0 Å². The molecule has 1 aliphatic carbocycles. The number of thioether (sulfide) groups is 1. The molecule has 5 nitrogen and oxygen atoms in total. The van der Waals surface area contributed by atoms with Gasteiger partial charge in [0.2, 0.25) is 5.91 Å². The molecule has 1 unspecified atom stereocenters. The SMILES string of the molecule is NC(=O)COCCNC1=NCC(C2CC2)S1. The molecule has 0 radical (unpaired) electrons. The lowest BCUT2D eigenvalue weighted by Crippen LogP contribution is -2.26. The zero-order chi connectivity index (χ0) is 11.4. The van der Waals surface area contributed by atoms with Crippen molar-refractivity contribution in [1.82, 2.24) is 5.32 Å². The normalized spacial score (nSPS) is 24.2. The molecule has 0 saturated heterocycles. The molecule has 0 aromatic rings. The predicted octanol–water partition coefficient (Wildman–Crippen LogP) is -0.0407. The lowest BCUT2D eigenvalue weighted by atomic mass is 10.3. The Labute approximate surface area is 99.2 Å². The molecule has 1 saturated carbocycles. The molecule has 0 aromatic heterocycles. The number of nitrogens with one attached hydrogen (secondary N) is 1. The number of hydrogen-bond donors (Lipinski definition) is 2. The summed E-state index contributed by atoms with van der Waals surface area (Å²) in [5, 5.41) is 4.91. The van der Waals surface area contributed by atoms with E-state index in [1.165, 1.54) is 12.8 Å². The van der Waals surface area contributed by atoms with Gasteiger partial charge in [0.25, 0.3) is 0 Å². The van der Waals surface area contributed by atoms with E-state index < -0.39 is 5.91 Å². The average Bonchev–Trinajstić information content (AvgIpc) is 2.99. The standard InChI is InChI=1S/C10H17N3O2S/c11-9(14)6-15-4-3-12-10-13-5-8(16-10)7-1-2-7/h7-8H,1-6H2,(H2,11,14)(H,12,13). The summed E-state index contributed by atoms with van der Waals surface area (Å²) < 4.78 is 5.04. The first-order valence-corrected chi connectivity index (χ1v) is 6.44. The van der Waals surface area contributed by atoms with Crippen LogP contribution in [0.25, 0.3) is 0 Å². The molecule has 2 rings (SSSR count). The van der Waals surface area contributed by atoms with Crippen LogP contribution in [-0.2, 0) is 9.53 Å². The molecule has 2 aliphatic rings. The van der Waals surface area contributed by atoms with E-state index in [0.717, 1.165) is 17.6 Å². The van der Waals surface area contributed by atoms with Gasteiger partial charge in [-0.15, -0.1) is 0 Å². The fourth-order valence-corrected chi connectivity index (χ4v) is 2.84. The fourth-order valence-electron chi connectivity index (χ4n) is 1.60. The van der Waals surface area contributed by atoms with E-state index in [-0.39, 0.29) is 6.61 Å². The average molecular weight is 243 g/mol. The molecule has 0 spiro atoms. The second kappa shape index (κ2) is 5.54. The maximum atomic E-state index is 10.4. The lowest BCUT2D eigenvalue weighted by molar-refractivity contribution is -0.122. The molecule has 0 aromatic carbocycles. The minimum atomic E-state index is -0.429. The minimum Gasteiger partial charge on any atom is -0.370 e. The Hall–Kier alpha value is -0.750. The van der Waals surface area contributed by atoms with Crippen molar-refractivity contribution in [1.29, 1.82) is 0 Å². The fraction of sp³-hybridized carbons (Fsp3) is 0.800. The van der Waals surface area contributed by atoms with Gasteiger partial charge in [0.05, 0.1) is 13.2 Å². The lowest BCUT2D eigenvalue weighted by Gasteiger charge is -2.07. The number of amides is 1. The number of carbonyl (C=O) groups is 1. The maximum Gasteiger partial charge on any atom is 0.243 e. The quantitative estimate of drug-likeness (QED) is 0.642. The Morgan fingerprint density at radius 1 is 1.62 bits per heavy atom. The number of amidine groups is 1. The zero-order valence-corrected chi connectivity index (χ0v) is 9.96. The van der Waals surface area contributed by atoms with Crippen LogP contribution in [0.4, 0.5) is 0 Å². The predicted molar refractivity (Wildman–Crippen MR) is 64.4 cm³/mol. The molecule has 1 fully saturated rings. The molecule has 1 atom stereocenters. The van der Waals surface area contributed by atoms with Gasteiger partial charge in [-0.25, -0.2) is 0 Å². The van der Waals surface area contributed by atoms with Gasteiger partial charge in [-0.2, -0.15) is 0 Å². The molecule has 90 valence electrons. The van der Waals surface area contributed by atoms with Crippen LogP contribution < -0.4 is 11.1 Å². The highest BCUT2D eigenvalue weighted by Crippen LogP contribution is 2.41. The van der Waals surface area contributed by atoms with E-state index in [0.29, 0.717) is 18.4 Å². The largest absolute Gasteiger partial charge is 0.370 e. The van der Waals surface area contributed by atoms with E-state index in [1.807, 2.05) is 11.8 Å². The third-order valence-electron chi connectivity index (χ3n) is 2.59. The molecular weight excluding hydrogens is 226 g/mol. The third-order valence-corrected chi connectivity index (χ3v) is 3.93. The van der Waals surface area contributed by atoms with Crippen molar-refractivity contribution in [2.75, 3.05) is 26.3 Å². The number of primary amides is 1. The summed E-state index contributed by atoms with van der Waals surface area (Å²) in [6.07, 6.45) is 2.73. The van der Waals surface area contributed by atoms with Crippen molar-refractivity contribution in [2.24, 2.45) is 16.6 Å². The van der Waals surface area contributed by atoms with Gasteiger partial charge < -0.3 is 15.8 Å². The molecule has 1 heterocycles. The summed E-state index contributed by atoms with van der Waals surface area (Å²) in [5.41, 5.74) is 4.94. The number of rotatable bonds is 6. The number of aliphatic imine (C=N–C) groups is 1. The van der Waals surface area contributed by atoms with Gasteiger partial charge in [0.1, 0.15) is 6.61 Å². The van der Waals surface area contributed by atoms with Crippen LogP contribution in [0.5, 0.6) is 0 Å². The van der Waals surface area contributed by atoms with Gasteiger partial charge in [-0.1, -0.05) is 11.8 Å². The summed E-state index contributed by atoms with van der Waals surface area (Å²) in [6.45, 7) is 2.10. The van der Waals surface area contributed by atoms with Crippen molar-refractivity contribution < 1.29 is 9.53 Å². The Kier molecular flexibility index (Phi) is 4.06. The second-order valence-corrected chi connectivity index (χ2v) is 5.31. The van der Waals surface area contributed by atoms with Crippen molar-refractivity contribution in [2.45, 2.75) is 18.1 Å². The van der Waals surface area contributed by atoms with E-state index >= 15 is 0 Å². The van der Waals surface area contributed by atoms with Gasteiger partial charge >= 0.3 is 0 Å². The zero-order valence-electron chi connectivity index (χ0n) is 9.15. The summed E-state index contributed by atoms with van der Waals surface area (Å²) in [6, 6.07) is 0. The summed E-state index contributed by atoms with van der Waals surface area (Å²) >= 11 is 1.84. The highest BCUT2D eigenvalue weighted by atomic mass is 32.2. The Morgan fingerprint density at radius 2 is 2.44 bits per heavy atom. The van der Waals surface area contributed by atoms with Crippen LogP contribution in [-0.4, -0.2) is 42.6 Å². The Morgan fingerprint density at radius 3 is 3.12 bits per heavy atom. The van der Waals surface area contributed by atoms with E-state index in [4.69, 9.17) is 10.5 Å². The third kappa shape index (κ3) is 3.68. The maximum absolute atomic E-state index is 10.4. The first-order valence-electron chi connectivity index (χ1n) is 5.56. The molecule has 3 N–H and O–H groups in total. The molecule has 6 heteroatoms. The minimum absolute atomic E-state index is 0.00794. The smallest absolute Gasteiger partial charge is 0.243 e. The van der Waals surface area contributed by atoms with Crippen molar-refractivity contribution in [3.63, 3.8) is 0 Å². The molecule has 1 amide bonds. The molecular formula is C10H17N3O2S. The molecule has 0 bridgehead atoms. The molecule has 16 heavy (non-hydrogen) atoms. The topological polar surface area (TPSA) is 76.7 Å². The first kappa shape index (κ1) is 11.7. The number of carbonyl (C=O) groups excluding carboxylic acids is 1. The van der Waals surface area contributed by atoms with Gasteiger partial charge in [-0.3, -0.25) is 9.79 Å². The van der Waals surface area contributed by atoms with Crippen molar-refractivity contribution in [3.05, 3.63) is 0 Å². The van der Waals surface area contributed by atoms with Crippen LogP contribution >= 0.6 is 11.8 Å². The Bertz CT molecular complexity index is 292. The van der Waals surface area contributed by atoms with Gasteiger partial charge in [0.15, 0.2) is 5.17 Å². The highest BCUT2D eigenvalue weighted by molar-refractivity contribution is 8.14. The summed E-state index contributed by atoms with van der Waals surface area (Å²) in [5.74, 6) is 0.459. The van der Waals surface area contributed by atoms with Crippen LogP contribution in [0.1, 0.15) is 12.8 Å². The van der Waals surface area contributed by atoms with E-state index in [2.05, 4.69) is 10.3 Å². The van der Waals surface area contributed by atoms with E-state index in [9.17, 15) is 4.79 Å². The first-order chi connectivity index (χ1) is 7.75. The monoisotopic (exact) mass is 243 g/mol. The van der Waals surface area contributed by atoms with Crippen molar-refractivity contribution >= 4 is 22.8 Å². The number of ether oxygens (including phenoxy) is 1. The van der Waals surface area contributed by atoms with Crippen LogP contribution in [0.3, 0.4) is 0 Å². The number of nitrogens with zero attached hydrogens (tertiary/aromatic N) is 1. The highest BCUT2D eigenvalue weighted by Gasteiger charge is 2.35. The second-order valence-electron chi connectivity index (χ2n) is 4.09. The van der Waals surface area contributed by atoms with Crippen LogP contribution in [0.15, 0.2) is 4.99 Å². The number of nitrogens with two attached hydrogens (primary N) is 1.